The van der Waals surface area contributed by atoms with E-state index >= 15 is 0 Å². The Labute approximate surface area is 163 Å². The summed E-state index contributed by atoms with van der Waals surface area (Å²) in [5.41, 5.74) is 15.0. The van der Waals surface area contributed by atoms with Gasteiger partial charge in [0.1, 0.15) is 24.0 Å². The van der Waals surface area contributed by atoms with Crippen molar-refractivity contribution in [2.75, 3.05) is 18.1 Å². The summed E-state index contributed by atoms with van der Waals surface area (Å²) < 4.78 is 11.1. The molecule has 0 spiro atoms. The molecule has 0 bridgehead atoms. The van der Waals surface area contributed by atoms with Crippen LogP contribution in [0, 0.1) is 0 Å². The van der Waals surface area contributed by atoms with Crippen LogP contribution in [0.5, 0.6) is 5.75 Å². The Bertz CT molecular complexity index is 990. The van der Waals surface area contributed by atoms with Crippen LogP contribution in [0.1, 0.15) is 25.1 Å². The standard InChI is InChI=1S/C21H23N5O2/c1-3-10-24-14(2)13-27-17-6-4-15(5-7-17)11-16-12-19(28-26-16)18-8-9-20(22)25-21(18)23/h3-10,12H,11,13H2,1-2H3,(H4,22,23,25)/b10-3-,24-14?. The van der Waals surface area contributed by atoms with Gasteiger partial charge in [0, 0.05) is 18.7 Å². The molecule has 2 aromatic heterocycles. The molecule has 3 rings (SSSR count). The molecule has 3 aromatic rings. The molecule has 1 aromatic carbocycles. The number of allylic oxidation sites excluding steroid dienone is 1. The fourth-order valence-corrected chi connectivity index (χ4v) is 2.56. The lowest BCUT2D eigenvalue weighted by Gasteiger charge is -2.06. The van der Waals surface area contributed by atoms with Crippen molar-refractivity contribution >= 4 is 17.3 Å². The van der Waals surface area contributed by atoms with Gasteiger partial charge in [-0.05, 0) is 43.7 Å². The Kier molecular flexibility index (Phi) is 6.06. The maximum absolute atomic E-state index is 5.90. The minimum atomic E-state index is 0.317. The number of benzene rings is 1. The number of nitrogen functional groups attached to an aromatic ring is 2. The van der Waals surface area contributed by atoms with E-state index in [0.717, 1.165) is 22.7 Å². The number of rotatable bonds is 7. The molecule has 144 valence electrons. The van der Waals surface area contributed by atoms with Gasteiger partial charge in [-0.1, -0.05) is 23.4 Å². The van der Waals surface area contributed by atoms with Gasteiger partial charge in [-0.2, -0.15) is 0 Å². The summed E-state index contributed by atoms with van der Waals surface area (Å²) in [6.45, 7) is 4.31. The average molecular weight is 377 g/mol. The van der Waals surface area contributed by atoms with Crippen LogP contribution in [0.25, 0.3) is 11.3 Å². The second-order valence-corrected chi connectivity index (χ2v) is 6.31. The summed E-state index contributed by atoms with van der Waals surface area (Å²) in [5, 5.41) is 4.12. The molecule has 0 atom stereocenters. The van der Waals surface area contributed by atoms with E-state index in [1.807, 2.05) is 50.3 Å². The maximum atomic E-state index is 5.90. The molecule has 0 aliphatic carbocycles. The zero-order valence-electron chi connectivity index (χ0n) is 15.9. The highest BCUT2D eigenvalue weighted by atomic mass is 16.5. The first-order valence-electron chi connectivity index (χ1n) is 8.89. The van der Waals surface area contributed by atoms with Gasteiger partial charge in [0.05, 0.1) is 17.0 Å². The van der Waals surface area contributed by atoms with E-state index in [1.165, 1.54) is 0 Å². The van der Waals surface area contributed by atoms with Crippen LogP contribution in [-0.2, 0) is 6.42 Å². The van der Waals surface area contributed by atoms with Crippen LogP contribution in [-0.4, -0.2) is 22.5 Å². The van der Waals surface area contributed by atoms with Crippen LogP contribution in [0.4, 0.5) is 11.6 Å². The largest absolute Gasteiger partial charge is 0.488 e. The summed E-state index contributed by atoms with van der Waals surface area (Å²) >= 11 is 0. The number of anilines is 2. The molecule has 0 fully saturated rings. The number of nitrogens with two attached hydrogens (primary N) is 2. The molecule has 0 saturated carbocycles. The summed E-state index contributed by atoms with van der Waals surface area (Å²) in [7, 11) is 0. The van der Waals surface area contributed by atoms with Gasteiger partial charge in [-0.15, -0.1) is 0 Å². The predicted octanol–water partition coefficient (Wildman–Crippen LogP) is 3.87. The van der Waals surface area contributed by atoms with Crippen molar-refractivity contribution < 1.29 is 9.26 Å². The van der Waals surface area contributed by atoms with Crippen LogP contribution in [0.2, 0.25) is 0 Å². The van der Waals surface area contributed by atoms with Crippen molar-refractivity contribution in [3.8, 4) is 17.1 Å². The topological polar surface area (TPSA) is 113 Å². The van der Waals surface area contributed by atoms with Gasteiger partial charge >= 0.3 is 0 Å². The second kappa shape index (κ2) is 8.85. The normalized spacial score (nSPS) is 11.9. The molecule has 0 amide bonds. The second-order valence-electron chi connectivity index (χ2n) is 6.31. The Morgan fingerprint density at radius 1 is 1.18 bits per heavy atom. The number of aliphatic imine (C=N–C) groups is 1. The van der Waals surface area contributed by atoms with Crippen LogP contribution in [0.15, 0.2) is 64.3 Å². The first-order valence-corrected chi connectivity index (χ1v) is 8.89. The summed E-state index contributed by atoms with van der Waals surface area (Å²) in [6, 6.07) is 13.2. The van der Waals surface area contributed by atoms with Gasteiger partial charge in [0.25, 0.3) is 0 Å². The summed E-state index contributed by atoms with van der Waals surface area (Å²) in [5.74, 6) is 2.04. The highest BCUT2D eigenvalue weighted by molar-refractivity contribution is 5.83. The number of hydrogen-bond acceptors (Lipinski definition) is 7. The zero-order valence-corrected chi connectivity index (χ0v) is 15.9. The monoisotopic (exact) mass is 377 g/mol. The first kappa shape index (κ1) is 19.2. The molecular weight excluding hydrogens is 354 g/mol. The van der Waals surface area contributed by atoms with Crippen molar-refractivity contribution in [1.82, 2.24) is 10.1 Å². The summed E-state index contributed by atoms with van der Waals surface area (Å²) in [4.78, 5) is 8.28. The number of aromatic nitrogens is 2. The Hall–Kier alpha value is -3.61. The zero-order chi connectivity index (χ0) is 19.9. The molecule has 7 nitrogen and oxygen atoms in total. The lowest BCUT2D eigenvalue weighted by Crippen LogP contribution is -2.07. The third-order valence-electron chi connectivity index (χ3n) is 3.97. The average Bonchev–Trinajstić information content (AvgIpc) is 3.14. The van der Waals surface area contributed by atoms with E-state index in [1.54, 1.807) is 18.3 Å². The van der Waals surface area contributed by atoms with Gasteiger partial charge in [0.2, 0.25) is 0 Å². The minimum Gasteiger partial charge on any atom is -0.488 e. The number of ether oxygens (including phenoxy) is 1. The SMILES string of the molecule is C/C=C\N=C(C)COc1ccc(Cc2cc(-c3ccc(N)nc3N)on2)cc1. The van der Waals surface area contributed by atoms with Crippen LogP contribution >= 0.6 is 0 Å². The highest BCUT2D eigenvalue weighted by Crippen LogP contribution is 2.26. The lowest BCUT2D eigenvalue weighted by atomic mass is 10.1. The van der Waals surface area contributed by atoms with Crippen molar-refractivity contribution in [3.63, 3.8) is 0 Å². The molecule has 7 heteroatoms. The molecule has 2 heterocycles. The first-order chi connectivity index (χ1) is 13.5. The van der Waals surface area contributed by atoms with E-state index in [0.29, 0.717) is 36.0 Å². The van der Waals surface area contributed by atoms with Gasteiger partial charge < -0.3 is 20.7 Å². The Balaban J connectivity index is 1.62. The highest BCUT2D eigenvalue weighted by Gasteiger charge is 2.11. The third kappa shape index (κ3) is 4.97. The van der Waals surface area contributed by atoms with E-state index in [-0.39, 0.29) is 0 Å². The van der Waals surface area contributed by atoms with E-state index in [2.05, 4.69) is 15.1 Å². The van der Waals surface area contributed by atoms with Crippen molar-refractivity contribution in [3.05, 3.63) is 66.0 Å². The third-order valence-corrected chi connectivity index (χ3v) is 3.97. The predicted molar refractivity (Wildman–Crippen MR) is 111 cm³/mol. The van der Waals surface area contributed by atoms with Gasteiger partial charge in [-0.3, -0.25) is 4.99 Å². The molecule has 0 aliphatic heterocycles. The van der Waals surface area contributed by atoms with Crippen molar-refractivity contribution in [2.24, 2.45) is 4.99 Å². The molecule has 0 radical (unpaired) electrons. The fraction of sp³-hybridized carbons (Fsp3) is 0.190. The number of pyridine rings is 1. The molecule has 0 aliphatic rings. The molecular formula is C21H23N5O2. The van der Waals surface area contributed by atoms with Gasteiger partial charge in [-0.25, -0.2) is 4.98 Å². The van der Waals surface area contributed by atoms with E-state index < -0.39 is 0 Å². The Morgan fingerprint density at radius 3 is 2.68 bits per heavy atom. The molecule has 4 N–H and O–H groups in total. The Morgan fingerprint density at radius 2 is 1.96 bits per heavy atom. The minimum absolute atomic E-state index is 0.317. The number of hydrogen-bond donors (Lipinski definition) is 2. The van der Waals surface area contributed by atoms with Crippen LogP contribution < -0.4 is 16.2 Å². The van der Waals surface area contributed by atoms with E-state index in [9.17, 15) is 0 Å². The fourth-order valence-electron chi connectivity index (χ4n) is 2.56. The molecule has 0 saturated heterocycles. The van der Waals surface area contributed by atoms with Crippen molar-refractivity contribution in [2.45, 2.75) is 20.3 Å². The molecule has 0 unspecified atom stereocenters. The quantitative estimate of drug-likeness (QED) is 0.605. The number of nitrogens with zero attached hydrogens (tertiary/aromatic N) is 3. The van der Waals surface area contributed by atoms with Crippen LogP contribution in [0.3, 0.4) is 0 Å². The van der Waals surface area contributed by atoms with Crippen molar-refractivity contribution in [1.29, 1.82) is 0 Å². The van der Waals surface area contributed by atoms with Gasteiger partial charge in [0.15, 0.2) is 5.76 Å². The molecule has 28 heavy (non-hydrogen) atoms. The summed E-state index contributed by atoms with van der Waals surface area (Å²) in [6.07, 6.45) is 4.27. The lowest BCUT2D eigenvalue weighted by molar-refractivity contribution is 0.376. The maximum Gasteiger partial charge on any atom is 0.170 e. The van der Waals surface area contributed by atoms with E-state index in [4.69, 9.17) is 20.7 Å². The smallest absolute Gasteiger partial charge is 0.170 e.